The van der Waals surface area contributed by atoms with Crippen molar-refractivity contribution in [1.29, 1.82) is 0 Å². The molecule has 0 fully saturated rings. The van der Waals surface area contributed by atoms with Gasteiger partial charge < -0.3 is 10.1 Å². The highest BCUT2D eigenvalue weighted by molar-refractivity contribution is 6.04. The first-order valence-electron chi connectivity index (χ1n) is 10.0. The average Bonchev–Trinajstić information content (AvgIpc) is 2.78. The molecule has 2 aromatic rings. The molecule has 4 rings (SSSR count). The molecule has 2 aliphatic rings. The maximum absolute atomic E-state index is 13.4. The fraction of sp³-hybridized carbons (Fsp3) is 0.250. The van der Waals surface area contributed by atoms with Gasteiger partial charge in [-0.15, -0.1) is 0 Å². The summed E-state index contributed by atoms with van der Waals surface area (Å²) in [4.78, 5) is 37.3. The van der Waals surface area contributed by atoms with Crippen molar-refractivity contribution >= 4 is 17.4 Å². The first-order valence-corrected chi connectivity index (χ1v) is 10.0. The lowest BCUT2D eigenvalue weighted by Crippen LogP contribution is -2.36. The molecule has 1 aliphatic carbocycles. The number of ether oxygens (including phenoxy) is 1. The predicted molar refractivity (Wildman–Crippen MR) is 114 cm³/mol. The summed E-state index contributed by atoms with van der Waals surface area (Å²) >= 11 is 0. The van der Waals surface area contributed by atoms with Crippen molar-refractivity contribution in [3.8, 4) is 0 Å². The number of ketones is 1. The van der Waals surface area contributed by atoms with Gasteiger partial charge in [-0.25, -0.2) is 4.79 Å². The highest BCUT2D eigenvalue weighted by Gasteiger charge is 2.43. The number of rotatable bonds is 4. The Labute approximate surface area is 179 Å². The highest BCUT2D eigenvalue weighted by Crippen LogP contribution is 2.47. The van der Waals surface area contributed by atoms with Crippen LogP contribution in [0.2, 0.25) is 0 Å². The summed E-state index contributed by atoms with van der Waals surface area (Å²) < 4.78 is 4.98. The van der Waals surface area contributed by atoms with Crippen LogP contribution in [0.1, 0.15) is 42.7 Å². The molecular formula is C24H22N2O5. The monoisotopic (exact) mass is 418 g/mol. The first-order chi connectivity index (χ1) is 14.9. The van der Waals surface area contributed by atoms with E-state index in [1.165, 1.54) is 13.2 Å². The van der Waals surface area contributed by atoms with Crippen LogP contribution in [-0.2, 0) is 14.3 Å². The third-order valence-corrected chi connectivity index (χ3v) is 5.95. The molecular weight excluding hydrogens is 396 g/mol. The minimum absolute atomic E-state index is 0.00108. The Morgan fingerprint density at radius 2 is 1.77 bits per heavy atom. The molecule has 0 aromatic heterocycles. The van der Waals surface area contributed by atoms with Gasteiger partial charge in [0, 0.05) is 35.0 Å². The van der Waals surface area contributed by atoms with Gasteiger partial charge in [-0.05, 0) is 24.8 Å². The minimum atomic E-state index is -0.852. The number of methoxy groups -OCH3 is 1. The zero-order chi connectivity index (χ0) is 22.1. The number of nitrogens with one attached hydrogen (secondary N) is 1. The molecule has 158 valence electrons. The number of carbonyl (C=O) groups is 2. The molecule has 0 radical (unpaired) electrons. The smallest absolute Gasteiger partial charge is 0.336 e. The Hall–Kier alpha value is -3.74. The van der Waals surface area contributed by atoms with Gasteiger partial charge in [0.25, 0.3) is 5.69 Å². The number of hydrogen-bond donors (Lipinski definition) is 1. The molecule has 0 spiro atoms. The Bertz CT molecular complexity index is 1130. The van der Waals surface area contributed by atoms with Crippen molar-refractivity contribution in [2.45, 2.75) is 31.6 Å². The number of para-hydroxylation sites is 1. The van der Waals surface area contributed by atoms with Crippen molar-refractivity contribution in [1.82, 2.24) is 5.32 Å². The van der Waals surface area contributed by atoms with Crippen molar-refractivity contribution in [2.24, 2.45) is 0 Å². The molecule has 0 bridgehead atoms. The van der Waals surface area contributed by atoms with Crippen molar-refractivity contribution in [3.05, 3.63) is 98.4 Å². The van der Waals surface area contributed by atoms with Gasteiger partial charge in [0.2, 0.25) is 0 Å². The number of nitro groups is 1. The molecule has 0 saturated carbocycles. The fourth-order valence-corrected chi connectivity index (χ4v) is 4.59. The molecule has 7 nitrogen and oxygen atoms in total. The minimum Gasteiger partial charge on any atom is -0.466 e. The Morgan fingerprint density at radius 1 is 1.10 bits per heavy atom. The predicted octanol–water partition coefficient (Wildman–Crippen LogP) is 4.13. The molecule has 7 heteroatoms. The van der Waals surface area contributed by atoms with Crippen LogP contribution >= 0.6 is 0 Å². The van der Waals surface area contributed by atoms with E-state index < -0.39 is 16.8 Å². The summed E-state index contributed by atoms with van der Waals surface area (Å²) in [5.41, 5.74) is 3.12. The summed E-state index contributed by atoms with van der Waals surface area (Å²) in [6, 6.07) is 16.0. The summed E-state index contributed by atoms with van der Waals surface area (Å²) in [6.07, 6.45) is 0.850. The second kappa shape index (κ2) is 8.18. The lowest BCUT2D eigenvalue weighted by molar-refractivity contribution is -0.385. The summed E-state index contributed by atoms with van der Waals surface area (Å²) in [5, 5.41) is 15.0. The number of allylic oxidation sites excluding steroid dienone is 3. The van der Waals surface area contributed by atoms with E-state index in [0.717, 1.165) is 5.56 Å². The summed E-state index contributed by atoms with van der Waals surface area (Å²) in [7, 11) is 1.26. The number of nitrogens with zero attached hydrogens (tertiary/aromatic N) is 1. The fourth-order valence-electron chi connectivity index (χ4n) is 4.59. The second-order valence-corrected chi connectivity index (χ2v) is 7.74. The molecule has 0 saturated heterocycles. The van der Waals surface area contributed by atoms with E-state index in [4.69, 9.17) is 4.74 Å². The topological polar surface area (TPSA) is 98.5 Å². The Balaban J connectivity index is 1.88. The molecule has 1 N–H and O–H groups in total. The Morgan fingerprint density at radius 3 is 2.45 bits per heavy atom. The van der Waals surface area contributed by atoms with Crippen LogP contribution in [0.25, 0.3) is 0 Å². The van der Waals surface area contributed by atoms with E-state index in [0.29, 0.717) is 29.0 Å². The van der Waals surface area contributed by atoms with Crippen LogP contribution in [-0.4, -0.2) is 23.8 Å². The lowest BCUT2D eigenvalue weighted by Gasteiger charge is -2.36. The number of benzene rings is 2. The molecule has 2 aromatic carbocycles. The molecule has 0 unspecified atom stereocenters. The van der Waals surface area contributed by atoms with Gasteiger partial charge in [-0.3, -0.25) is 14.9 Å². The van der Waals surface area contributed by atoms with Gasteiger partial charge in [0.1, 0.15) is 0 Å². The van der Waals surface area contributed by atoms with E-state index in [2.05, 4.69) is 5.32 Å². The normalized spacial score (nSPS) is 20.8. The van der Waals surface area contributed by atoms with Crippen LogP contribution in [0.3, 0.4) is 0 Å². The number of dihydropyridines is 1. The largest absolute Gasteiger partial charge is 0.466 e. The van der Waals surface area contributed by atoms with E-state index in [1.807, 2.05) is 30.3 Å². The van der Waals surface area contributed by atoms with Gasteiger partial charge in [0.15, 0.2) is 5.78 Å². The zero-order valence-corrected chi connectivity index (χ0v) is 17.3. The van der Waals surface area contributed by atoms with Crippen LogP contribution in [0.5, 0.6) is 0 Å². The first kappa shape index (κ1) is 20.5. The number of hydrogen-bond acceptors (Lipinski definition) is 6. The maximum atomic E-state index is 13.4. The van der Waals surface area contributed by atoms with Gasteiger partial charge in [-0.2, -0.15) is 0 Å². The molecule has 31 heavy (non-hydrogen) atoms. The van der Waals surface area contributed by atoms with Crippen LogP contribution in [0.4, 0.5) is 5.69 Å². The number of nitro benzene ring substituents is 1. The third kappa shape index (κ3) is 3.63. The van der Waals surface area contributed by atoms with Gasteiger partial charge >= 0.3 is 5.97 Å². The summed E-state index contributed by atoms with van der Waals surface area (Å²) in [5.74, 6) is -1.59. The van der Waals surface area contributed by atoms with Crippen molar-refractivity contribution in [3.63, 3.8) is 0 Å². The van der Waals surface area contributed by atoms with Gasteiger partial charge in [-0.1, -0.05) is 48.5 Å². The van der Waals surface area contributed by atoms with E-state index >= 15 is 0 Å². The van der Waals surface area contributed by atoms with Crippen LogP contribution < -0.4 is 5.32 Å². The average molecular weight is 418 g/mol. The van der Waals surface area contributed by atoms with E-state index in [9.17, 15) is 19.7 Å². The Kier molecular flexibility index (Phi) is 5.42. The standard InChI is InChI=1S/C24H22N2O5/c1-14-21(24(28)31-2)22(17-10-6-7-11-19(17)26(29)30)23-18(25-14)12-16(13-20(23)27)15-8-4-3-5-9-15/h3-11,16,22,25H,12-13H2,1-2H3/t16-,22-/m1/s1. The molecule has 2 atom stereocenters. The quantitative estimate of drug-likeness (QED) is 0.455. The molecule has 1 heterocycles. The van der Waals surface area contributed by atoms with E-state index in [-0.39, 0.29) is 29.4 Å². The zero-order valence-electron chi connectivity index (χ0n) is 17.3. The second-order valence-electron chi connectivity index (χ2n) is 7.74. The van der Waals surface area contributed by atoms with Crippen molar-refractivity contribution < 1.29 is 19.2 Å². The number of esters is 1. The lowest BCUT2D eigenvalue weighted by atomic mass is 9.71. The number of Topliss-reactive ketones (excluding diaryl/α,β-unsaturated/α-hetero) is 1. The van der Waals surface area contributed by atoms with Gasteiger partial charge in [0.05, 0.1) is 23.5 Å². The van der Waals surface area contributed by atoms with Crippen molar-refractivity contribution in [2.75, 3.05) is 7.11 Å². The molecule has 1 aliphatic heterocycles. The summed E-state index contributed by atoms with van der Waals surface area (Å²) in [6.45, 7) is 1.73. The van der Waals surface area contributed by atoms with Crippen LogP contribution in [0.15, 0.2) is 77.1 Å². The number of carbonyl (C=O) groups excluding carboxylic acids is 2. The van der Waals surface area contributed by atoms with Crippen LogP contribution in [0, 0.1) is 10.1 Å². The maximum Gasteiger partial charge on any atom is 0.336 e. The highest BCUT2D eigenvalue weighted by atomic mass is 16.6. The van der Waals surface area contributed by atoms with E-state index in [1.54, 1.807) is 25.1 Å². The third-order valence-electron chi connectivity index (χ3n) is 5.95. The molecule has 0 amide bonds. The SMILES string of the molecule is COC(=O)C1=C(C)NC2=C(C(=O)C[C@H](c3ccccc3)C2)[C@@H]1c1ccccc1[N+](=O)[O-].